The van der Waals surface area contributed by atoms with Gasteiger partial charge in [0.1, 0.15) is 0 Å². The van der Waals surface area contributed by atoms with Crippen LogP contribution in [0.2, 0.25) is 0 Å². The van der Waals surface area contributed by atoms with Crippen LogP contribution in [0.4, 0.5) is 17.1 Å². The Hall–Kier alpha value is -9.69. The predicted molar refractivity (Wildman–Crippen MR) is 299 cm³/mol. The zero-order chi connectivity index (χ0) is 48.6. The summed E-state index contributed by atoms with van der Waals surface area (Å²) >= 11 is 0. The van der Waals surface area contributed by atoms with Gasteiger partial charge in [-0.2, -0.15) is 10.2 Å². The number of para-hydroxylation sites is 2. The minimum Gasteiger partial charge on any atom is -0.308 e. The Balaban J connectivity index is 0.000000153. The maximum atomic E-state index is 4.10. The van der Waals surface area contributed by atoms with E-state index in [-0.39, 0.29) is 0 Å². The van der Waals surface area contributed by atoms with Crippen molar-refractivity contribution in [1.82, 2.24) is 4.57 Å². The molecular formula is C67H52N4. The van der Waals surface area contributed by atoms with E-state index < -0.39 is 0 Å². The number of aliphatic imine (C=N–C) groups is 1. The van der Waals surface area contributed by atoms with Gasteiger partial charge in [-0.3, -0.25) is 4.99 Å². The summed E-state index contributed by atoms with van der Waals surface area (Å²) in [6.45, 7) is 3.38. The number of aromatic nitrogens is 1. The van der Waals surface area contributed by atoms with Crippen molar-refractivity contribution >= 4 is 23.8 Å². The topological polar surface area (TPSA) is 42.0 Å². The van der Waals surface area contributed by atoms with E-state index in [9.17, 15) is 0 Å². The Morgan fingerprint density at radius 3 is 0.817 bits per heavy atom. The molecule has 0 spiro atoms. The molecule has 0 atom stereocenters. The van der Waals surface area contributed by atoms with E-state index in [0.29, 0.717) is 0 Å². The summed E-state index contributed by atoms with van der Waals surface area (Å²) in [5, 5.41) is 8.20. The Morgan fingerprint density at radius 1 is 0.268 bits per heavy atom. The van der Waals surface area contributed by atoms with Gasteiger partial charge < -0.3 is 4.57 Å². The summed E-state index contributed by atoms with van der Waals surface area (Å²) in [6, 6.07) is 103. The zero-order valence-corrected chi connectivity index (χ0v) is 39.4. The van der Waals surface area contributed by atoms with E-state index in [1.54, 1.807) is 0 Å². The third-order valence-corrected chi connectivity index (χ3v) is 11.0. The third kappa shape index (κ3) is 13.7. The second kappa shape index (κ2) is 26.0. The molecule has 1 heterocycles. The summed E-state index contributed by atoms with van der Waals surface area (Å²) in [7, 11) is 0. The molecule has 11 aromatic rings. The lowest BCUT2D eigenvalue weighted by molar-refractivity contribution is 1.10. The van der Waals surface area contributed by atoms with Gasteiger partial charge in [-0.25, -0.2) is 0 Å². The van der Waals surface area contributed by atoms with Crippen LogP contribution < -0.4 is 0 Å². The van der Waals surface area contributed by atoms with Crippen LogP contribution in [-0.4, -0.2) is 11.3 Å². The van der Waals surface area contributed by atoms with Crippen LogP contribution in [0, 0.1) is 11.8 Å². The van der Waals surface area contributed by atoms with Gasteiger partial charge in [0.2, 0.25) is 0 Å². The number of rotatable bonds is 8. The molecule has 340 valence electrons. The normalized spacial score (nSPS) is 10.1. The van der Waals surface area contributed by atoms with Gasteiger partial charge in [-0.05, 0) is 102 Å². The van der Waals surface area contributed by atoms with Crippen molar-refractivity contribution in [2.75, 3.05) is 0 Å². The molecule has 0 aliphatic carbocycles. The lowest BCUT2D eigenvalue weighted by Gasteiger charge is -2.15. The van der Waals surface area contributed by atoms with Gasteiger partial charge in [-0.15, -0.1) is 0 Å². The van der Waals surface area contributed by atoms with Crippen molar-refractivity contribution in [3.8, 4) is 62.3 Å². The van der Waals surface area contributed by atoms with Crippen molar-refractivity contribution in [3.63, 3.8) is 0 Å². The van der Waals surface area contributed by atoms with Crippen LogP contribution in [0.1, 0.15) is 11.1 Å². The average Bonchev–Trinajstić information content (AvgIpc) is 3.84. The fraction of sp³-hybridized carbons (Fsp3) is 0. The molecule has 11 rings (SSSR count). The van der Waals surface area contributed by atoms with E-state index in [1.165, 1.54) is 44.8 Å². The minimum atomic E-state index is 0.872. The molecule has 1 aromatic heterocycles. The molecule has 0 bridgehead atoms. The number of azo groups is 1. The molecule has 0 unspecified atom stereocenters. The van der Waals surface area contributed by atoms with Gasteiger partial charge in [0, 0.05) is 27.9 Å². The molecule has 0 saturated carbocycles. The van der Waals surface area contributed by atoms with Crippen molar-refractivity contribution in [2.45, 2.75) is 0 Å². The Kier molecular flexibility index (Phi) is 17.5. The number of hydrogen-bond acceptors (Lipinski definition) is 3. The maximum Gasteiger partial charge on any atom is 0.0857 e. The fourth-order valence-electron chi connectivity index (χ4n) is 7.74. The average molecular weight is 913 g/mol. The molecule has 0 aliphatic rings. The maximum absolute atomic E-state index is 4.10. The van der Waals surface area contributed by atoms with E-state index in [1.807, 2.05) is 152 Å². The summed E-state index contributed by atoms with van der Waals surface area (Å²) in [4.78, 5) is 3.72. The first-order chi connectivity index (χ1) is 35.2. The molecule has 4 nitrogen and oxygen atoms in total. The Morgan fingerprint density at radius 2 is 0.521 bits per heavy atom. The van der Waals surface area contributed by atoms with Crippen LogP contribution in [-0.2, 0) is 0 Å². The lowest BCUT2D eigenvalue weighted by Crippen LogP contribution is -2.00. The van der Waals surface area contributed by atoms with Crippen LogP contribution in [0.15, 0.2) is 319 Å². The summed E-state index contributed by atoms with van der Waals surface area (Å²) in [5.41, 5.74) is 15.6. The second-order valence-electron chi connectivity index (χ2n) is 15.9. The highest BCUT2D eigenvalue weighted by atomic mass is 15.1. The molecule has 10 aromatic carbocycles. The molecule has 0 fully saturated rings. The van der Waals surface area contributed by atoms with E-state index in [0.717, 1.165) is 33.9 Å². The second-order valence-corrected chi connectivity index (χ2v) is 15.9. The molecule has 0 radical (unpaired) electrons. The van der Waals surface area contributed by atoms with E-state index >= 15 is 0 Å². The number of benzene rings is 10. The van der Waals surface area contributed by atoms with E-state index in [4.69, 9.17) is 0 Å². The highest BCUT2D eigenvalue weighted by Crippen LogP contribution is 2.49. The Labute approximate surface area is 418 Å². The molecule has 0 N–H and O–H groups in total. The summed E-state index contributed by atoms with van der Waals surface area (Å²) in [6.07, 6.45) is 0. The predicted octanol–water partition coefficient (Wildman–Crippen LogP) is 18.4. The van der Waals surface area contributed by atoms with E-state index in [2.05, 4.69) is 190 Å². The van der Waals surface area contributed by atoms with Gasteiger partial charge in [0.15, 0.2) is 0 Å². The molecule has 71 heavy (non-hydrogen) atoms. The molecule has 0 amide bonds. The summed E-state index contributed by atoms with van der Waals surface area (Å²) in [5.74, 6) is 6.22. The standard InChI is InChI=1S/C34H25N.C14H10.C12H10N2.C7H7N/c1-6-16-26(17-7-1)31-32(27-18-8-2-9-19-27)34(29-22-12-4-13-23-29)35(30-24-14-5-15-25-30)33(31)28-20-10-3-11-21-28;1-3-7-13(8-4-1)11-12-14-9-5-2-6-10-14;1-3-7-11(8-4-1)13-14-12-9-5-2-6-10-12;1-8-7-5-3-2-4-6-7/h1-25H;2*1-10H;2-6H,1H2. The lowest BCUT2D eigenvalue weighted by atomic mass is 9.91. The molecule has 4 heteroatoms. The quantitative estimate of drug-likeness (QED) is 0.0828. The van der Waals surface area contributed by atoms with Gasteiger partial charge >= 0.3 is 0 Å². The van der Waals surface area contributed by atoms with Crippen molar-refractivity contribution < 1.29 is 0 Å². The monoisotopic (exact) mass is 912 g/mol. The van der Waals surface area contributed by atoms with Crippen LogP contribution in [0.25, 0.3) is 50.5 Å². The van der Waals surface area contributed by atoms with Crippen LogP contribution >= 0.6 is 0 Å². The molecule has 0 aliphatic heterocycles. The first kappa shape index (κ1) is 47.8. The minimum absolute atomic E-state index is 0.872. The highest BCUT2D eigenvalue weighted by Gasteiger charge is 2.27. The highest BCUT2D eigenvalue weighted by molar-refractivity contribution is 6.03. The van der Waals surface area contributed by atoms with Crippen molar-refractivity contribution in [2.24, 2.45) is 15.2 Å². The first-order valence-electron chi connectivity index (χ1n) is 23.5. The van der Waals surface area contributed by atoms with Crippen molar-refractivity contribution in [1.29, 1.82) is 0 Å². The smallest absolute Gasteiger partial charge is 0.0857 e. The van der Waals surface area contributed by atoms with Gasteiger partial charge in [0.25, 0.3) is 0 Å². The number of nitrogens with zero attached hydrogens (tertiary/aromatic N) is 4. The zero-order valence-electron chi connectivity index (χ0n) is 39.4. The number of hydrogen-bond donors (Lipinski definition) is 0. The van der Waals surface area contributed by atoms with Crippen molar-refractivity contribution in [3.05, 3.63) is 314 Å². The first-order valence-corrected chi connectivity index (χ1v) is 23.5. The van der Waals surface area contributed by atoms with Crippen LogP contribution in [0.3, 0.4) is 0 Å². The molecular weight excluding hydrogens is 861 g/mol. The van der Waals surface area contributed by atoms with Gasteiger partial charge in [-0.1, -0.05) is 242 Å². The SMILES string of the molecule is C(#Cc1ccccc1)c1ccccc1.C=Nc1ccccc1.c1ccc(-c2c(-c3ccccc3)c(-c3ccccc3)n(-c3ccccc3)c2-c2ccccc2)cc1.c1ccc(N=Nc2ccccc2)cc1. The summed E-state index contributed by atoms with van der Waals surface area (Å²) < 4.78 is 2.44. The largest absolute Gasteiger partial charge is 0.308 e. The Bertz CT molecular complexity index is 2970. The van der Waals surface area contributed by atoms with Gasteiger partial charge in [0.05, 0.1) is 28.5 Å². The third-order valence-electron chi connectivity index (χ3n) is 11.0. The molecule has 0 saturated heterocycles. The fourth-order valence-corrected chi connectivity index (χ4v) is 7.74. The van der Waals surface area contributed by atoms with Crippen LogP contribution in [0.5, 0.6) is 0 Å².